The normalized spacial score (nSPS) is 19.8. The molecule has 31 heavy (non-hydrogen) atoms. The van der Waals surface area contributed by atoms with Crippen molar-refractivity contribution in [2.24, 2.45) is 5.92 Å². The number of benzene rings is 2. The van der Waals surface area contributed by atoms with Gasteiger partial charge < -0.3 is 14.7 Å². The zero-order valence-electron chi connectivity index (χ0n) is 17.9. The molecule has 0 bridgehead atoms. The van der Waals surface area contributed by atoms with Crippen molar-refractivity contribution in [2.75, 3.05) is 13.1 Å². The Kier molecular flexibility index (Phi) is 6.98. The largest absolute Gasteiger partial charge is 0.444 e. The molecule has 8 heteroatoms. The molecule has 0 radical (unpaired) electrons. The molecule has 1 saturated heterocycles. The molecule has 0 saturated carbocycles. The van der Waals surface area contributed by atoms with E-state index < -0.39 is 27.6 Å². The van der Waals surface area contributed by atoms with Crippen LogP contribution in [0.2, 0.25) is 5.02 Å². The number of aliphatic hydroxyl groups is 1. The standard InChI is InChI=1S/C23H28ClNO5S/c1-23(2,3)30-22(27)25-12-11-17(21(26)15-25)13-16-7-9-19(10-8-16)31(28,29)20-6-4-5-18(24)14-20/h4-10,14,17,21,26H,11-13,15H2,1-3H3/t17-,21+/m1/s1. The van der Waals surface area contributed by atoms with Crippen molar-refractivity contribution >= 4 is 27.5 Å². The van der Waals surface area contributed by atoms with E-state index in [-0.39, 0.29) is 22.3 Å². The van der Waals surface area contributed by atoms with Gasteiger partial charge in [-0.25, -0.2) is 13.2 Å². The Morgan fingerprint density at radius 1 is 1.16 bits per heavy atom. The Morgan fingerprint density at radius 2 is 1.84 bits per heavy atom. The fourth-order valence-electron chi connectivity index (χ4n) is 3.59. The van der Waals surface area contributed by atoms with Crippen LogP contribution in [0.1, 0.15) is 32.8 Å². The van der Waals surface area contributed by atoms with E-state index in [2.05, 4.69) is 0 Å². The summed E-state index contributed by atoms with van der Waals surface area (Å²) in [6.45, 7) is 6.16. The van der Waals surface area contributed by atoms with Crippen molar-refractivity contribution in [1.29, 1.82) is 0 Å². The van der Waals surface area contributed by atoms with E-state index in [1.165, 1.54) is 17.0 Å². The highest BCUT2D eigenvalue weighted by molar-refractivity contribution is 7.91. The van der Waals surface area contributed by atoms with Crippen molar-refractivity contribution < 1.29 is 23.1 Å². The van der Waals surface area contributed by atoms with Crippen molar-refractivity contribution in [3.63, 3.8) is 0 Å². The molecular weight excluding hydrogens is 438 g/mol. The van der Waals surface area contributed by atoms with Crippen LogP contribution in [0.25, 0.3) is 0 Å². The number of carbonyl (C=O) groups excluding carboxylic acids is 1. The first-order valence-corrected chi connectivity index (χ1v) is 12.1. The Labute approximate surface area is 188 Å². The lowest BCUT2D eigenvalue weighted by Crippen LogP contribution is -2.48. The van der Waals surface area contributed by atoms with Gasteiger partial charge in [-0.15, -0.1) is 0 Å². The Bertz CT molecular complexity index is 1030. The van der Waals surface area contributed by atoms with Gasteiger partial charge >= 0.3 is 6.09 Å². The second kappa shape index (κ2) is 9.18. The van der Waals surface area contributed by atoms with Gasteiger partial charge in [-0.05, 0) is 75.4 Å². The SMILES string of the molecule is CC(C)(C)OC(=O)N1CC[C@H](Cc2ccc(S(=O)(=O)c3cccc(Cl)c3)cc2)[C@@H](O)C1. The Balaban J connectivity index is 1.64. The van der Waals surface area contributed by atoms with Crippen LogP contribution in [0.3, 0.4) is 0 Å². The fraction of sp³-hybridized carbons (Fsp3) is 0.435. The predicted octanol–water partition coefficient (Wildman–Crippen LogP) is 4.33. The second-order valence-electron chi connectivity index (χ2n) is 8.85. The van der Waals surface area contributed by atoms with E-state index >= 15 is 0 Å². The van der Waals surface area contributed by atoms with E-state index in [0.717, 1.165) is 5.56 Å². The lowest BCUT2D eigenvalue weighted by atomic mass is 9.88. The molecule has 0 spiro atoms. The van der Waals surface area contributed by atoms with Crippen LogP contribution >= 0.6 is 11.6 Å². The van der Waals surface area contributed by atoms with E-state index in [1.54, 1.807) is 36.4 Å². The zero-order chi connectivity index (χ0) is 22.8. The number of ether oxygens (including phenoxy) is 1. The van der Waals surface area contributed by atoms with Gasteiger partial charge in [0.2, 0.25) is 9.84 Å². The lowest BCUT2D eigenvalue weighted by molar-refractivity contribution is -0.0125. The molecule has 0 aromatic heterocycles. The Hall–Kier alpha value is -2.09. The number of carbonyl (C=O) groups is 1. The number of likely N-dealkylation sites (tertiary alicyclic amines) is 1. The first-order valence-electron chi connectivity index (χ1n) is 10.2. The number of aliphatic hydroxyl groups excluding tert-OH is 1. The molecule has 1 amide bonds. The first-order chi connectivity index (χ1) is 14.5. The highest BCUT2D eigenvalue weighted by Gasteiger charge is 2.32. The van der Waals surface area contributed by atoms with E-state index in [0.29, 0.717) is 24.4 Å². The average molecular weight is 466 g/mol. The minimum Gasteiger partial charge on any atom is -0.444 e. The molecule has 6 nitrogen and oxygen atoms in total. The summed E-state index contributed by atoms with van der Waals surface area (Å²) < 4.78 is 31.0. The monoisotopic (exact) mass is 465 g/mol. The summed E-state index contributed by atoms with van der Waals surface area (Å²) in [6, 6.07) is 12.9. The molecule has 1 aliphatic heterocycles. The highest BCUT2D eigenvalue weighted by Crippen LogP contribution is 2.27. The van der Waals surface area contributed by atoms with Gasteiger partial charge in [-0.3, -0.25) is 0 Å². The number of piperidine rings is 1. The lowest BCUT2D eigenvalue weighted by Gasteiger charge is -2.36. The van der Waals surface area contributed by atoms with Crippen LogP contribution in [0, 0.1) is 5.92 Å². The number of hydrogen-bond donors (Lipinski definition) is 1. The van der Waals surface area contributed by atoms with Crippen LogP contribution in [-0.2, 0) is 21.0 Å². The summed E-state index contributed by atoms with van der Waals surface area (Å²) in [4.78, 5) is 14.1. The third-order valence-electron chi connectivity index (χ3n) is 5.21. The van der Waals surface area contributed by atoms with Gasteiger partial charge in [-0.1, -0.05) is 29.8 Å². The maximum absolute atomic E-state index is 12.8. The molecular formula is C23H28ClNO5S. The Morgan fingerprint density at radius 3 is 2.42 bits per heavy atom. The zero-order valence-corrected chi connectivity index (χ0v) is 19.5. The van der Waals surface area contributed by atoms with Crippen LogP contribution in [0.4, 0.5) is 4.79 Å². The van der Waals surface area contributed by atoms with E-state index in [1.807, 2.05) is 20.8 Å². The number of sulfone groups is 1. The summed E-state index contributed by atoms with van der Waals surface area (Å²) in [5, 5.41) is 10.9. The molecule has 1 heterocycles. The minimum atomic E-state index is -3.65. The summed E-state index contributed by atoms with van der Waals surface area (Å²) in [7, 11) is -3.65. The van der Waals surface area contributed by atoms with Crippen molar-refractivity contribution in [3.05, 3.63) is 59.1 Å². The smallest absolute Gasteiger partial charge is 0.410 e. The number of halogens is 1. The second-order valence-corrected chi connectivity index (χ2v) is 11.2. The highest BCUT2D eigenvalue weighted by atomic mass is 35.5. The molecule has 3 rings (SSSR count). The van der Waals surface area contributed by atoms with Crippen molar-refractivity contribution in [1.82, 2.24) is 4.90 Å². The molecule has 1 aliphatic rings. The number of rotatable bonds is 4. The maximum Gasteiger partial charge on any atom is 0.410 e. The topological polar surface area (TPSA) is 83.9 Å². The van der Waals surface area contributed by atoms with Crippen LogP contribution in [-0.4, -0.2) is 49.3 Å². The van der Waals surface area contributed by atoms with Crippen molar-refractivity contribution in [2.45, 2.75) is 55.1 Å². The summed E-state index contributed by atoms with van der Waals surface area (Å²) in [5.41, 5.74) is 0.353. The summed E-state index contributed by atoms with van der Waals surface area (Å²) in [5.74, 6) is -0.0194. The summed E-state index contributed by atoms with van der Waals surface area (Å²) >= 11 is 5.93. The molecule has 2 aromatic carbocycles. The van der Waals surface area contributed by atoms with Crippen LogP contribution in [0.15, 0.2) is 58.3 Å². The molecule has 1 N–H and O–H groups in total. The number of amides is 1. The van der Waals surface area contributed by atoms with Gasteiger partial charge in [0.25, 0.3) is 0 Å². The van der Waals surface area contributed by atoms with E-state index in [9.17, 15) is 18.3 Å². The molecule has 168 valence electrons. The quantitative estimate of drug-likeness (QED) is 0.726. The summed E-state index contributed by atoms with van der Waals surface area (Å²) in [6.07, 6.45) is 0.153. The van der Waals surface area contributed by atoms with Gasteiger partial charge in [0.15, 0.2) is 0 Å². The first kappa shape index (κ1) is 23.6. The van der Waals surface area contributed by atoms with Gasteiger partial charge in [0, 0.05) is 11.6 Å². The molecule has 1 fully saturated rings. The number of hydrogen-bond acceptors (Lipinski definition) is 5. The predicted molar refractivity (Wildman–Crippen MR) is 119 cm³/mol. The van der Waals surface area contributed by atoms with Gasteiger partial charge in [0.1, 0.15) is 5.60 Å². The van der Waals surface area contributed by atoms with Gasteiger partial charge in [0.05, 0.1) is 22.4 Å². The molecule has 2 aromatic rings. The van der Waals surface area contributed by atoms with Crippen molar-refractivity contribution in [3.8, 4) is 0 Å². The average Bonchev–Trinajstić information content (AvgIpc) is 2.68. The third kappa shape index (κ3) is 5.99. The fourth-order valence-corrected chi connectivity index (χ4v) is 5.15. The maximum atomic E-state index is 12.8. The molecule has 2 atom stereocenters. The van der Waals surface area contributed by atoms with E-state index in [4.69, 9.17) is 16.3 Å². The van der Waals surface area contributed by atoms with Crippen LogP contribution in [0.5, 0.6) is 0 Å². The third-order valence-corrected chi connectivity index (χ3v) is 7.21. The molecule has 0 unspecified atom stereocenters. The van der Waals surface area contributed by atoms with Gasteiger partial charge in [-0.2, -0.15) is 0 Å². The number of β-amino-alcohol motifs (C(OH)–C–C–N with tert-alkyl or cyclic N) is 1. The van der Waals surface area contributed by atoms with Crippen LogP contribution < -0.4 is 0 Å². The molecule has 0 aliphatic carbocycles. The minimum absolute atomic E-state index is 0.0194. The number of nitrogens with zero attached hydrogens (tertiary/aromatic N) is 1.